The average Bonchev–Trinajstić information content (AvgIpc) is 2.70. The van der Waals surface area contributed by atoms with E-state index in [-0.39, 0.29) is 43.1 Å². The third kappa shape index (κ3) is 6.91. The molecule has 3 aromatic rings. The first kappa shape index (κ1) is 29.8. The third-order valence-electron chi connectivity index (χ3n) is 4.87. The molecule has 0 bridgehead atoms. The highest BCUT2D eigenvalue weighted by molar-refractivity contribution is 6.06. The number of aromatic nitrogens is 2. The van der Waals surface area contributed by atoms with Gasteiger partial charge in [0.2, 0.25) is 0 Å². The summed E-state index contributed by atoms with van der Waals surface area (Å²) in [6, 6.07) is 11.8. The molecule has 0 aliphatic heterocycles. The standard InChI is InChI=1S/C24H28N4O.3ClH/c1-15(2)12-21-20(13-25)22(18-9-7-16(3)8-10-18)23(17(4)27-21)28-24(29)19-6-5-11-26-14-19;;;/h5-11,14-15H,12-13,25H2,1-4H3,(H,28,29);3*1H. The molecule has 3 N–H and O–H groups in total. The van der Waals surface area contributed by atoms with E-state index in [1.807, 2.05) is 6.92 Å². The summed E-state index contributed by atoms with van der Waals surface area (Å²) >= 11 is 0. The van der Waals surface area contributed by atoms with E-state index in [2.05, 4.69) is 55.3 Å². The van der Waals surface area contributed by atoms with Gasteiger partial charge >= 0.3 is 0 Å². The lowest BCUT2D eigenvalue weighted by atomic mass is 9.92. The summed E-state index contributed by atoms with van der Waals surface area (Å²) < 4.78 is 0. The highest BCUT2D eigenvalue weighted by Gasteiger charge is 2.21. The van der Waals surface area contributed by atoms with E-state index in [4.69, 9.17) is 10.7 Å². The molecule has 32 heavy (non-hydrogen) atoms. The highest BCUT2D eigenvalue weighted by atomic mass is 35.5. The fourth-order valence-corrected chi connectivity index (χ4v) is 3.45. The molecule has 0 aliphatic rings. The molecule has 0 saturated carbocycles. The third-order valence-corrected chi connectivity index (χ3v) is 4.87. The van der Waals surface area contributed by atoms with Gasteiger partial charge in [-0.2, -0.15) is 0 Å². The van der Waals surface area contributed by atoms with Crippen molar-refractivity contribution in [1.29, 1.82) is 0 Å². The number of pyridine rings is 2. The molecule has 0 atom stereocenters. The maximum atomic E-state index is 12.9. The zero-order chi connectivity index (χ0) is 21.0. The van der Waals surface area contributed by atoms with E-state index >= 15 is 0 Å². The Bertz CT molecular complexity index is 1010. The molecule has 8 heteroatoms. The summed E-state index contributed by atoms with van der Waals surface area (Å²) in [7, 11) is 0. The summed E-state index contributed by atoms with van der Waals surface area (Å²) in [5.41, 5.74) is 13.3. The second-order valence-electron chi connectivity index (χ2n) is 7.74. The summed E-state index contributed by atoms with van der Waals surface area (Å²) in [6.07, 6.45) is 4.04. The highest BCUT2D eigenvalue weighted by Crippen LogP contribution is 2.36. The number of nitrogens with two attached hydrogens (primary N) is 1. The van der Waals surface area contributed by atoms with Gasteiger partial charge in [-0.1, -0.05) is 43.7 Å². The lowest BCUT2D eigenvalue weighted by molar-refractivity contribution is 0.102. The lowest BCUT2D eigenvalue weighted by Crippen LogP contribution is -2.18. The number of carbonyl (C=O) groups excluding carboxylic acids is 1. The number of aryl methyl sites for hydroxylation is 2. The molecule has 0 unspecified atom stereocenters. The molecule has 0 fully saturated rings. The lowest BCUT2D eigenvalue weighted by Gasteiger charge is -2.21. The zero-order valence-electron chi connectivity index (χ0n) is 18.7. The molecule has 0 saturated heterocycles. The summed E-state index contributed by atoms with van der Waals surface area (Å²) in [5.74, 6) is 0.241. The number of rotatable bonds is 6. The van der Waals surface area contributed by atoms with Crippen molar-refractivity contribution in [3.05, 3.63) is 76.9 Å². The van der Waals surface area contributed by atoms with Crippen molar-refractivity contribution < 1.29 is 4.79 Å². The maximum Gasteiger partial charge on any atom is 0.257 e. The molecule has 2 aromatic heterocycles. The van der Waals surface area contributed by atoms with E-state index in [0.717, 1.165) is 34.5 Å². The molecule has 3 rings (SSSR count). The molecule has 174 valence electrons. The minimum atomic E-state index is -0.212. The van der Waals surface area contributed by atoms with Crippen LogP contribution in [0.5, 0.6) is 0 Å². The van der Waals surface area contributed by atoms with Gasteiger partial charge in [-0.3, -0.25) is 14.8 Å². The predicted molar refractivity (Wildman–Crippen MR) is 140 cm³/mol. The van der Waals surface area contributed by atoms with Crippen LogP contribution in [0.3, 0.4) is 0 Å². The monoisotopic (exact) mass is 496 g/mol. The second kappa shape index (κ2) is 13.4. The molecular weight excluding hydrogens is 467 g/mol. The van der Waals surface area contributed by atoms with Gasteiger partial charge in [0.25, 0.3) is 5.91 Å². The van der Waals surface area contributed by atoms with E-state index in [9.17, 15) is 4.79 Å². The van der Waals surface area contributed by atoms with Crippen LogP contribution in [0, 0.1) is 19.8 Å². The molecule has 0 spiro atoms. The fraction of sp³-hybridized carbons (Fsp3) is 0.292. The topological polar surface area (TPSA) is 80.9 Å². The van der Waals surface area contributed by atoms with Crippen molar-refractivity contribution in [2.45, 2.75) is 40.7 Å². The van der Waals surface area contributed by atoms with E-state index in [1.165, 1.54) is 5.56 Å². The predicted octanol–water partition coefficient (Wildman–Crippen LogP) is 5.94. The summed E-state index contributed by atoms with van der Waals surface area (Å²) in [5, 5.41) is 3.07. The van der Waals surface area contributed by atoms with Crippen molar-refractivity contribution in [2.75, 3.05) is 5.32 Å². The number of amides is 1. The zero-order valence-corrected chi connectivity index (χ0v) is 21.2. The molecule has 0 aliphatic carbocycles. The average molecular weight is 498 g/mol. The smallest absolute Gasteiger partial charge is 0.257 e. The summed E-state index contributed by atoms with van der Waals surface area (Å²) in [6.45, 7) is 8.68. The Kier molecular flexibility index (Phi) is 12.5. The number of benzene rings is 1. The van der Waals surface area contributed by atoms with Crippen LogP contribution in [-0.4, -0.2) is 15.9 Å². The van der Waals surface area contributed by atoms with Crippen LogP contribution in [0.4, 0.5) is 5.69 Å². The quantitative estimate of drug-likeness (QED) is 0.442. The van der Waals surface area contributed by atoms with Gasteiger partial charge in [0, 0.05) is 30.2 Å². The number of carbonyl (C=O) groups is 1. The Labute approximate surface area is 208 Å². The van der Waals surface area contributed by atoms with Gasteiger partial charge in [-0.05, 0) is 49.4 Å². The first-order valence-corrected chi connectivity index (χ1v) is 9.91. The van der Waals surface area contributed by atoms with Crippen LogP contribution >= 0.6 is 37.2 Å². The SMILES string of the molecule is Cc1ccc(-c2c(CN)c(CC(C)C)nc(C)c2NC(=O)c2cccnc2)cc1.Cl.Cl.Cl. The first-order valence-electron chi connectivity index (χ1n) is 9.91. The van der Waals surface area contributed by atoms with E-state index in [0.29, 0.717) is 23.7 Å². The molecule has 5 nitrogen and oxygen atoms in total. The van der Waals surface area contributed by atoms with Gasteiger partial charge in [0.15, 0.2) is 0 Å². The molecule has 1 amide bonds. The number of nitrogens with one attached hydrogen (secondary N) is 1. The van der Waals surface area contributed by atoms with Crippen molar-refractivity contribution in [3.8, 4) is 11.1 Å². The van der Waals surface area contributed by atoms with Crippen molar-refractivity contribution in [3.63, 3.8) is 0 Å². The second-order valence-corrected chi connectivity index (χ2v) is 7.74. The molecule has 0 radical (unpaired) electrons. The van der Waals surface area contributed by atoms with Crippen LogP contribution < -0.4 is 11.1 Å². The summed E-state index contributed by atoms with van der Waals surface area (Å²) in [4.78, 5) is 21.7. The number of hydrogen-bond donors (Lipinski definition) is 2. The van der Waals surface area contributed by atoms with Crippen LogP contribution in [0.2, 0.25) is 0 Å². The molecular formula is C24H31Cl3N4O. The van der Waals surface area contributed by atoms with Crippen LogP contribution in [-0.2, 0) is 13.0 Å². The van der Waals surface area contributed by atoms with Crippen molar-refractivity contribution in [2.24, 2.45) is 11.7 Å². The van der Waals surface area contributed by atoms with Crippen LogP contribution in [0.25, 0.3) is 11.1 Å². The largest absolute Gasteiger partial charge is 0.326 e. The van der Waals surface area contributed by atoms with Crippen LogP contribution in [0.1, 0.15) is 46.7 Å². The maximum absolute atomic E-state index is 12.9. The number of anilines is 1. The van der Waals surface area contributed by atoms with Gasteiger partial charge in [-0.25, -0.2) is 0 Å². The Hall–Kier alpha value is -2.18. The number of hydrogen-bond acceptors (Lipinski definition) is 4. The van der Waals surface area contributed by atoms with Gasteiger partial charge in [-0.15, -0.1) is 37.2 Å². The van der Waals surface area contributed by atoms with Gasteiger partial charge in [0.05, 0.1) is 16.9 Å². The number of halogens is 3. The van der Waals surface area contributed by atoms with E-state index < -0.39 is 0 Å². The van der Waals surface area contributed by atoms with Crippen molar-refractivity contribution in [1.82, 2.24) is 9.97 Å². The van der Waals surface area contributed by atoms with E-state index in [1.54, 1.807) is 24.5 Å². The van der Waals surface area contributed by atoms with Crippen molar-refractivity contribution >= 4 is 48.8 Å². The Morgan fingerprint density at radius 1 is 1.06 bits per heavy atom. The Morgan fingerprint density at radius 3 is 2.25 bits per heavy atom. The fourth-order valence-electron chi connectivity index (χ4n) is 3.45. The minimum Gasteiger partial charge on any atom is -0.326 e. The normalized spacial score (nSPS) is 9.94. The Balaban J connectivity index is 0.00000320. The Morgan fingerprint density at radius 2 is 1.72 bits per heavy atom. The number of nitrogens with zero attached hydrogens (tertiary/aromatic N) is 2. The first-order chi connectivity index (χ1) is 13.9. The minimum absolute atomic E-state index is 0. The molecule has 1 aromatic carbocycles. The molecule has 2 heterocycles. The van der Waals surface area contributed by atoms with Gasteiger partial charge in [0.1, 0.15) is 0 Å². The van der Waals surface area contributed by atoms with Gasteiger partial charge < -0.3 is 11.1 Å². The van der Waals surface area contributed by atoms with Crippen LogP contribution in [0.15, 0.2) is 48.8 Å².